The Kier molecular flexibility index (Phi) is 3.50. The molecule has 0 aliphatic heterocycles. The Balaban J connectivity index is 2.01. The van der Waals surface area contributed by atoms with Gasteiger partial charge in [0, 0.05) is 5.39 Å². The van der Waals surface area contributed by atoms with Crippen LogP contribution in [0.4, 0.5) is 11.4 Å². The number of phenolic OH excluding ortho intramolecular Hbond substituents is 1. The van der Waals surface area contributed by atoms with Gasteiger partial charge in [-0.2, -0.15) is 0 Å². The molecule has 0 spiro atoms. The number of nitrogens with two attached hydrogens (primary N) is 1. The van der Waals surface area contributed by atoms with E-state index in [1.807, 2.05) is 42.5 Å². The molecular formula is C16H14N2O2S. The summed E-state index contributed by atoms with van der Waals surface area (Å²) in [7, 11) is -1.46. The Hall–Kier alpha value is -2.53. The van der Waals surface area contributed by atoms with Crippen LogP contribution < -0.4 is 10.5 Å². The second-order valence-corrected chi connectivity index (χ2v) is 5.80. The zero-order chi connectivity index (χ0) is 14.8. The number of hydrogen-bond donors (Lipinski definition) is 3. The van der Waals surface area contributed by atoms with Crippen molar-refractivity contribution in [2.75, 3.05) is 10.5 Å². The molecule has 0 heterocycles. The fourth-order valence-electron chi connectivity index (χ4n) is 2.15. The smallest absolute Gasteiger partial charge is 0.163 e. The van der Waals surface area contributed by atoms with Gasteiger partial charge in [-0.15, -0.1) is 0 Å². The highest BCUT2D eigenvalue weighted by atomic mass is 32.2. The molecule has 0 aliphatic carbocycles. The van der Waals surface area contributed by atoms with Crippen molar-refractivity contribution in [2.24, 2.45) is 0 Å². The maximum atomic E-state index is 12.3. The van der Waals surface area contributed by atoms with Gasteiger partial charge < -0.3 is 10.8 Å². The van der Waals surface area contributed by atoms with Crippen molar-refractivity contribution in [2.45, 2.75) is 4.90 Å². The summed E-state index contributed by atoms with van der Waals surface area (Å²) in [5.41, 5.74) is 6.58. The number of fused-ring (bicyclic) bond motifs is 1. The summed E-state index contributed by atoms with van der Waals surface area (Å²) < 4.78 is 15.1. The number of nitrogen functional groups attached to an aromatic ring is 1. The molecule has 21 heavy (non-hydrogen) atoms. The molecule has 0 fully saturated rings. The van der Waals surface area contributed by atoms with Crippen LogP contribution in [0.25, 0.3) is 10.8 Å². The summed E-state index contributed by atoms with van der Waals surface area (Å²) in [6.45, 7) is 0. The predicted octanol–water partition coefficient (Wildman–Crippen LogP) is 3.26. The van der Waals surface area contributed by atoms with Crippen LogP contribution in [0.15, 0.2) is 65.6 Å². The van der Waals surface area contributed by atoms with Crippen LogP contribution in [0.5, 0.6) is 5.75 Å². The Morgan fingerprint density at radius 2 is 1.67 bits per heavy atom. The molecule has 1 atom stereocenters. The molecule has 0 aliphatic rings. The molecule has 106 valence electrons. The van der Waals surface area contributed by atoms with Crippen LogP contribution >= 0.6 is 0 Å². The van der Waals surface area contributed by atoms with Crippen LogP contribution in [-0.4, -0.2) is 9.32 Å². The minimum Gasteiger partial charge on any atom is -0.504 e. The lowest BCUT2D eigenvalue weighted by molar-refractivity contribution is 0.481. The van der Waals surface area contributed by atoms with Crippen molar-refractivity contribution in [3.63, 3.8) is 0 Å². The van der Waals surface area contributed by atoms with E-state index in [0.717, 1.165) is 10.8 Å². The molecule has 4 N–H and O–H groups in total. The van der Waals surface area contributed by atoms with Crippen molar-refractivity contribution in [3.8, 4) is 5.75 Å². The zero-order valence-corrected chi connectivity index (χ0v) is 11.9. The molecular weight excluding hydrogens is 284 g/mol. The average molecular weight is 298 g/mol. The Morgan fingerprint density at radius 3 is 2.43 bits per heavy atom. The molecule has 0 amide bonds. The maximum Gasteiger partial charge on any atom is 0.163 e. The quantitative estimate of drug-likeness (QED) is 0.513. The fourth-order valence-corrected chi connectivity index (χ4v) is 3.02. The summed E-state index contributed by atoms with van der Waals surface area (Å²) >= 11 is 0. The molecule has 0 saturated heterocycles. The first-order valence-electron chi connectivity index (χ1n) is 6.40. The van der Waals surface area contributed by atoms with Crippen LogP contribution in [0, 0.1) is 0 Å². The number of hydrogen-bond acceptors (Lipinski definition) is 3. The van der Waals surface area contributed by atoms with Crippen molar-refractivity contribution < 1.29 is 9.32 Å². The Labute approximate surface area is 124 Å². The van der Waals surface area contributed by atoms with Gasteiger partial charge in [-0.1, -0.05) is 42.5 Å². The number of anilines is 2. The molecule has 1 unspecified atom stereocenters. The van der Waals surface area contributed by atoms with Crippen LogP contribution in [-0.2, 0) is 11.0 Å². The summed E-state index contributed by atoms with van der Waals surface area (Å²) in [5, 5.41) is 11.8. The molecule has 0 radical (unpaired) electrons. The van der Waals surface area contributed by atoms with Gasteiger partial charge in [0.25, 0.3) is 0 Å². The molecule has 0 aromatic heterocycles. The van der Waals surface area contributed by atoms with Gasteiger partial charge in [0.05, 0.1) is 16.3 Å². The highest BCUT2D eigenvalue weighted by molar-refractivity contribution is 7.86. The van der Waals surface area contributed by atoms with Crippen molar-refractivity contribution in [1.82, 2.24) is 0 Å². The van der Waals surface area contributed by atoms with E-state index in [2.05, 4.69) is 4.72 Å². The highest BCUT2D eigenvalue weighted by Gasteiger charge is 2.12. The molecule has 3 aromatic carbocycles. The SMILES string of the molecule is Nc1c(O)c(NS(=O)c2ccccc2)cc2ccccc12. The molecule has 0 saturated carbocycles. The van der Waals surface area contributed by atoms with Gasteiger partial charge in [-0.05, 0) is 23.6 Å². The zero-order valence-electron chi connectivity index (χ0n) is 11.1. The average Bonchev–Trinajstić information content (AvgIpc) is 2.53. The van der Waals surface area contributed by atoms with E-state index in [9.17, 15) is 9.32 Å². The van der Waals surface area contributed by atoms with Crippen LogP contribution in [0.3, 0.4) is 0 Å². The van der Waals surface area contributed by atoms with Crippen LogP contribution in [0.2, 0.25) is 0 Å². The number of nitrogens with one attached hydrogen (secondary N) is 1. The number of phenols is 1. The Bertz CT molecular complexity index is 819. The summed E-state index contributed by atoms with van der Waals surface area (Å²) in [4.78, 5) is 0.628. The lowest BCUT2D eigenvalue weighted by atomic mass is 10.1. The second kappa shape index (κ2) is 5.46. The van der Waals surface area contributed by atoms with Crippen molar-refractivity contribution in [1.29, 1.82) is 0 Å². The Morgan fingerprint density at radius 1 is 1.00 bits per heavy atom. The van der Waals surface area contributed by atoms with Gasteiger partial charge in [-0.3, -0.25) is 4.72 Å². The molecule has 5 heteroatoms. The maximum absolute atomic E-state index is 12.3. The third kappa shape index (κ3) is 2.55. The van der Waals surface area contributed by atoms with Gasteiger partial charge >= 0.3 is 0 Å². The van der Waals surface area contributed by atoms with E-state index in [0.29, 0.717) is 10.6 Å². The fraction of sp³-hybridized carbons (Fsp3) is 0. The number of aromatic hydroxyl groups is 1. The lowest BCUT2D eigenvalue weighted by Crippen LogP contribution is -2.05. The van der Waals surface area contributed by atoms with Crippen LogP contribution in [0.1, 0.15) is 0 Å². The van der Waals surface area contributed by atoms with Gasteiger partial charge in [0.2, 0.25) is 0 Å². The topological polar surface area (TPSA) is 75.3 Å². The second-order valence-electron chi connectivity index (χ2n) is 4.59. The van der Waals surface area contributed by atoms with E-state index >= 15 is 0 Å². The van der Waals surface area contributed by atoms with Gasteiger partial charge in [0.15, 0.2) is 5.75 Å². The van der Waals surface area contributed by atoms with Crippen molar-refractivity contribution >= 4 is 33.1 Å². The monoisotopic (exact) mass is 298 g/mol. The molecule has 3 aromatic rings. The first kappa shape index (κ1) is 13.5. The summed E-state index contributed by atoms with van der Waals surface area (Å²) in [6, 6.07) is 18.2. The normalized spacial score (nSPS) is 12.2. The van der Waals surface area contributed by atoms with E-state index in [1.165, 1.54) is 0 Å². The predicted molar refractivity (Wildman–Crippen MR) is 86.5 cm³/mol. The third-order valence-corrected chi connectivity index (χ3v) is 4.33. The third-order valence-electron chi connectivity index (χ3n) is 3.22. The first-order chi connectivity index (χ1) is 10.2. The van der Waals surface area contributed by atoms with E-state index in [4.69, 9.17) is 5.73 Å². The summed E-state index contributed by atoms with van der Waals surface area (Å²) in [5.74, 6) is -0.0852. The minimum atomic E-state index is -1.46. The van der Waals surface area contributed by atoms with Gasteiger partial charge in [-0.25, -0.2) is 4.21 Å². The first-order valence-corrected chi connectivity index (χ1v) is 7.55. The molecule has 0 bridgehead atoms. The van der Waals surface area contributed by atoms with Gasteiger partial charge in [0.1, 0.15) is 11.0 Å². The minimum absolute atomic E-state index is 0.0852. The van der Waals surface area contributed by atoms with Crippen molar-refractivity contribution in [3.05, 3.63) is 60.7 Å². The standard InChI is InChI=1S/C16H14N2O2S/c17-15-13-9-5-4-6-11(13)10-14(16(15)19)18-21(20)12-7-2-1-3-8-12/h1-10,18-19H,17H2. The summed E-state index contributed by atoms with van der Waals surface area (Å²) in [6.07, 6.45) is 0. The lowest BCUT2D eigenvalue weighted by Gasteiger charge is -2.12. The highest BCUT2D eigenvalue weighted by Crippen LogP contribution is 2.37. The van der Waals surface area contributed by atoms with E-state index in [-0.39, 0.29) is 11.4 Å². The van der Waals surface area contributed by atoms with E-state index < -0.39 is 11.0 Å². The molecule has 3 rings (SSSR count). The number of benzene rings is 3. The van der Waals surface area contributed by atoms with E-state index in [1.54, 1.807) is 18.2 Å². The number of rotatable bonds is 3. The largest absolute Gasteiger partial charge is 0.504 e. The molecule has 4 nitrogen and oxygen atoms in total.